The minimum absolute atomic E-state index is 0.567. The summed E-state index contributed by atoms with van der Waals surface area (Å²) in [4.78, 5) is 4.24. The molecule has 0 bridgehead atoms. The maximum absolute atomic E-state index is 5.38. The first-order valence-corrected chi connectivity index (χ1v) is 8.33. The Labute approximate surface area is 154 Å². The largest absolute Gasteiger partial charge is 0.493 e. The van der Waals surface area contributed by atoms with Crippen LogP contribution in [0.3, 0.4) is 0 Å². The quantitative estimate of drug-likeness (QED) is 0.549. The van der Waals surface area contributed by atoms with E-state index in [1.807, 2.05) is 36.1 Å². The van der Waals surface area contributed by atoms with E-state index in [2.05, 4.69) is 20.7 Å². The highest BCUT2D eigenvalue weighted by molar-refractivity contribution is 5.79. The maximum Gasteiger partial charge on any atom is 0.203 e. The van der Waals surface area contributed by atoms with Gasteiger partial charge in [0, 0.05) is 26.3 Å². The van der Waals surface area contributed by atoms with Crippen LogP contribution in [0.1, 0.15) is 11.1 Å². The third kappa shape index (κ3) is 5.05. The SMILES string of the molecule is CN=C(NCCn1cc(C)cn1)NCc1cc(OC)c(OC)c(OC)c1. The van der Waals surface area contributed by atoms with Crippen molar-refractivity contribution in [3.63, 3.8) is 0 Å². The molecular formula is C18H27N5O3. The van der Waals surface area contributed by atoms with Gasteiger partial charge in [-0.15, -0.1) is 0 Å². The molecule has 0 radical (unpaired) electrons. The van der Waals surface area contributed by atoms with Crippen LogP contribution in [-0.2, 0) is 13.1 Å². The number of ether oxygens (including phenoxy) is 3. The highest BCUT2D eigenvalue weighted by atomic mass is 16.5. The maximum atomic E-state index is 5.38. The average Bonchev–Trinajstić information content (AvgIpc) is 3.08. The van der Waals surface area contributed by atoms with Gasteiger partial charge in [-0.05, 0) is 30.2 Å². The van der Waals surface area contributed by atoms with Crippen LogP contribution in [0.25, 0.3) is 0 Å². The lowest BCUT2D eigenvalue weighted by Gasteiger charge is -2.16. The summed E-state index contributed by atoms with van der Waals surface area (Å²) in [7, 11) is 6.53. The molecule has 0 spiro atoms. The van der Waals surface area contributed by atoms with Crippen LogP contribution in [-0.4, -0.2) is 50.7 Å². The van der Waals surface area contributed by atoms with Crippen molar-refractivity contribution in [1.82, 2.24) is 20.4 Å². The molecule has 0 unspecified atom stereocenters. The lowest BCUT2D eigenvalue weighted by Crippen LogP contribution is -2.38. The molecule has 142 valence electrons. The van der Waals surface area contributed by atoms with E-state index in [-0.39, 0.29) is 0 Å². The van der Waals surface area contributed by atoms with Gasteiger partial charge in [0.2, 0.25) is 5.75 Å². The number of nitrogens with zero attached hydrogens (tertiary/aromatic N) is 3. The Morgan fingerprint density at radius 2 is 1.81 bits per heavy atom. The van der Waals surface area contributed by atoms with Crippen LogP contribution in [0.5, 0.6) is 17.2 Å². The van der Waals surface area contributed by atoms with E-state index >= 15 is 0 Å². The van der Waals surface area contributed by atoms with Crippen molar-refractivity contribution in [3.05, 3.63) is 35.7 Å². The number of nitrogens with one attached hydrogen (secondary N) is 2. The summed E-state index contributed by atoms with van der Waals surface area (Å²) in [5.41, 5.74) is 2.14. The highest BCUT2D eigenvalue weighted by Crippen LogP contribution is 2.38. The minimum atomic E-state index is 0.567. The molecule has 0 saturated carbocycles. The van der Waals surface area contributed by atoms with Crippen LogP contribution < -0.4 is 24.8 Å². The number of aryl methyl sites for hydroxylation is 1. The number of guanidine groups is 1. The summed E-state index contributed by atoms with van der Waals surface area (Å²) in [5, 5.41) is 10.8. The first-order valence-electron chi connectivity index (χ1n) is 8.33. The van der Waals surface area contributed by atoms with E-state index in [0.29, 0.717) is 29.8 Å². The van der Waals surface area contributed by atoms with Gasteiger partial charge < -0.3 is 24.8 Å². The van der Waals surface area contributed by atoms with Crippen molar-refractivity contribution >= 4 is 5.96 Å². The second-order valence-electron chi connectivity index (χ2n) is 5.67. The van der Waals surface area contributed by atoms with Crippen molar-refractivity contribution in [3.8, 4) is 17.2 Å². The Kier molecular flexibility index (Phi) is 7.13. The van der Waals surface area contributed by atoms with Gasteiger partial charge in [-0.25, -0.2) is 0 Å². The summed E-state index contributed by atoms with van der Waals surface area (Å²) in [5.74, 6) is 2.54. The Bertz CT molecular complexity index is 717. The highest BCUT2D eigenvalue weighted by Gasteiger charge is 2.13. The number of aromatic nitrogens is 2. The Morgan fingerprint density at radius 3 is 2.31 bits per heavy atom. The molecule has 0 aliphatic rings. The zero-order valence-electron chi connectivity index (χ0n) is 16.0. The standard InChI is InChI=1S/C18H27N5O3/c1-13-10-22-23(12-13)7-6-20-18(19-2)21-11-14-8-15(24-3)17(26-5)16(9-14)25-4/h8-10,12H,6-7,11H2,1-5H3,(H2,19,20,21). The number of hydrogen-bond donors (Lipinski definition) is 2. The zero-order chi connectivity index (χ0) is 18.9. The zero-order valence-corrected chi connectivity index (χ0v) is 16.0. The second-order valence-corrected chi connectivity index (χ2v) is 5.67. The van der Waals surface area contributed by atoms with Crippen molar-refractivity contribution in [1.29, 1.82) is 0 Å². The number of hydrogen-bond acceptors (Lipinski definition) is 5. The van der Waals surface area contributed by atoms with Crippen LogP contribution in [0.15, 0.2) is 29.5 Å². The summed E-state index contributed by atoms with van der Waals surface area (Å²) in [6, 6.07) is 3.82. The van der Waals surface area contributed by atoms with E-state index in [9.17, 15) is 0 Å². The fourth-order valence-corrected chi connectivity index (χ4v) is 2.52. The molecular weight excluding hydrogens is 334 g/mol. The predicted molar refractivity (Wildman–Crippen MR) is 101 cm³/mol. The predicted octanol–water partition coefficient (Wildman–Crippen LogP) is 1.58. The first kappa shape index (κ1) is 19.4. The summed E-state index contributed by atoms with van der Waals surface area (Å²) in [6.45, 7) is 4.07. The molecule has 26 heavy (non-hydrogen) atoms. The third-order valence-electron chi connectivity index (χ3n) is 3.80. The smallest absolute Gasteiger partial charge is 0.203 e. The van der Waals surface area contributed by atoms with Gasteiger partial charge in [-0.3, -0.25) is 9.67 Å². The fourth-order valence-electron chi connectivity index (χ4n) is 2.52. The van der Waals surface area contributed by atoms with E-state index < -0.39 is 0 Å². The molecule has 2 aromatic rings. The van der Waals surface area contributed by atoms with Crippen LogP contribution in [0.4, 0.5) is 0 Å². The molecule has 8 nitrogen and oxygen atoms in total. The normalized spacial score (nSPS) is 11.2. The van der Waals surface area contributed by atoms with Crippen LogP contribution >= 0.6 is 0 Å². The van der Waals surface area contributed by atoms with Gasteiger partial charge >= 0.3 is 0 Å². The summed E-state index contributed by atoms with van der Waals surface area (Å²) in [6.07, 6.45) is 3.85. The second kappa shape index (κ2) is 9.55. The minimum Gasteiger partial charge on any atom is -0.493 e. The van der Waals surface area contributed by atoms with Gasteiger partial charge in [0.1, 0.15) is 0 Å². The van der Waals surface area contributed by atoms with Crippen molar-refractivity contribution in [2.75, 3.05) is 34.9 Å². The molecule has 0 saturated heterocycles. The number of methoxy groups -OCH3 is 3. The van der Waals surface area contributed by atoms with Crippen molar-refractivity contribution < 1.29 is 14.2 Å². The number of rotatable bonds is 8. The van der Waals surface area contributed by atoms with E-state index in [4.69, 9.17) is 14.2 Å². The van der Waals surface area contributed by atoms with E-state index in [1.165, 1.54) is 0 Å². The lowest BCUT2D eigenvalue weighted by atomic mass is 10.2. The Balaban J connectivity index is 1.93. The van der Waals surface area contributed by atoms with Gasteiger partial charge in [-0.2, -0.15) is 5.10 Å². The van der Waals surface area contributed by atoms with Gasteiger partial charge in [0.05, 0.1) is 34.1 Å². The van der Waals surface area contributed by atoms with E-state index in [0.717, 1.165) is 24.2 Å². The van der Waals surface area contributed by atoms with Crippen LogP contribution in [0, 0.1) is 6.92 Å². The molecule has 8 heteroatoms. The molecule has 1 heterocycles. The average molecular weight is 361 g/mol. The molecule has 2 N–H and O–H groups in total. The molecule has 1 aromatic heterocycles. The Morgan fingerprint density at radius 1 is 1.12 bits per heavy atom. The third-order valence-corrected chi connectivity index (χ3v) is 3.80. The van der Waals surface area contributed by atoms with Crippen LogP contribution in [0.2, 0.25) is 0 Å². The first-order chi connectivity index (χ1) is 12.6. The van der Waals surface area contributed by atoms with Crippen molar-refractivity contribution in [2.45, 2.75) is 20.0 Å². The molecule has 0 fully saturated rings. The lowest BCUT2D eigenvalue weighted by molar-refractivity contribution is 0.323. The van der Waals surface area contributed by atoms with Gasteiger partial charge in [-0.1, -0.05) is 0 Å². The molecule has 0 amide bonds. The summed E-state index contributed by atoms with van der Waals surface area (Å²) < 4.78 is 18.0. The monoisotopic (exact) mass is 361 g/mol. The molecule has 0 aliphatic carbocycles. The van der Waals surface area contributed by atoms with Gasteiger partial charge in [0.15, 0.2) is 17.5 Å². The topological polar surface area (TPSA) is 81.9 Å². The number of benzene rings is 1. The summed E-state index contributed by atoms with van der Waals surface area (Å²) >= 11 is 0. The van der Waals surface area contributed by atoms with Gasteiger partial charge in [0.25, 0.3) is 0 Å². The fraction of sp³-hybridized carbons (Fsp3) is 0.444. The van der Waals surface area contributed by atoms with Crippen molar-refractivity contribution in [2.24, 2.45) is 4.99 Å². The number of aliphatic imine (C=N–C) groups is 1. The molecule has 0 atom stereocenters. The molecule has 0 aliphatic heterocycles. The van der Waals surface area contributed by atoms with E-state index in [1.54, 1.807) is 28.4 Å². The molecule has 1 aromatic carbocycles. The molecule has 2 rings (SSSR count). The Hall–Kier alpha value is -2.90.